The molecule has 2 saturated carbocycles. The Morgan fingerprint density at radius 2 is 2.00 bits per heavy atom. The van der Waals surface area contributed by atoms with Gasteiger partial charge in [0.25, 0.3) is 0 Å². The number of hydrogen-bond donors (Lipinski definition) is 2. The fourth-order valence-electron chi connectivity index (χ4n) is 3.33. The standard InChI is InChI=1S/C14H23F3N2O2/c1-2-21-11-7-10(18)12(11)19-13(20)8-5-3-4-6-9(8)14(15,16)17/h8-12H,2-7,18H2,1H3,(H,19,20). The van der Waals surface area contributed by atoms with Gasteiger partial charge in [-0.25, -0.2) is 0 Å². The van der Waals surface area contributed by atoms with E-state index in [1.54, 1.807) is 0 Å². The van der Waals surface area contributed by atoms with Gasteiger partial charge in [-0.3, -0.25) is 4.79 Å². The summed E-state index contributed by atoms with van der Waals surface area (Å²) >= 11 is 0. The molecule has 2 aliphatic rings. The fraction of sp³-hybridized carbons (Fsp3) is 0.929. The van der Waals surface area contributed by atoms with Gasteiger partial charge in [0.1, 0.15) is 0 Å². The molecule has 21 heavy (non-hydrogen) atoms. The highest BCUT2D eigenvalue weighted by Crippen LogP contribution is 2.41. The van der Waals surface area contributed by atoms with E-state index >= 15 is 0 Å². The van der Waals surface area contributed by atoms with Crippen LogP contribution in [0.2, 0.25) is 0 Å². The van der Waals surface area contributed by atoms with E-state index in [1.807, 2.05) is 6.92 Å². The van der Waals surface area contributed by atoms with E-state index in [9.17, 15) is 18.0 Å². The summed E-state index contributed by atoms with van der Waals surface area (Å²) in [6.07, 6.45) is -2.35. The van der Waals surface area contributed by atoms with Crippen molar-refractivity contribution in [2.45, 2.75) is 63.4 Å². The summed E-state index contributed by atoms with van der Waals surface area (Å²) in [5.41, 5.74) is 5.82. The number of nitrogens with two attached hydrogens (primary N) is 1. The van der Waals surface area contributed by atoms with Crippen LogP contribution in [0.25, 0.3) is 0 Å². The Hall–Kier alpha value is -0.820. The number of carbonyl (C=O) groups is 1. The maximum absolute atomic E-state index is 13.0. The van der Waals surface area contributed by atoms with E-state index in [2.05, 4.69) is 5.32 Å². The second kappa shape index (κ2) is 6.52. The summed E-state index contributed by atoms with van der Waals surface area (Å²) in [6.45, 7) is 2.34. The quantitative estimate of drug-likeness (QED) is 0.834. The number of ether oxygens (including phenoxy) is 1. The zero-order valence-electron chi connectivity index (χ0n) is 12.2. The molecule has 0 aromatic heterocycles. The summed E-state index contributed by atoms with van der Waals surface area (Å²) in [7, 11) is 0. The van der Waals surface area contributed by atoms with Crippen molar-refractivity contribution >= 4 is 5.91 Å². The third-order valence-corrected chi connectivity index (χ3v) is 4.58. The number of nitrogens with one attached hydrogen (secondary N) is 1. The Morgan fingerprint density at radius 1 is 1.33 bits per heavy atom. The van der Waals surface area contributed by atoms with Gasteiger partial charge in [0.15, 0.2) is 0 Å². The zero-order chi connectivity index (χ0) is 15.6. The molecule has 2 rings (SSSR count). The van der Waals surface area contributed by atoms with E-state index in [0.717, 1.165) is 0 Å². The predicted octanol–water partition coefficient (Wildman–Crippen LogP) is 1.98. The molecule has 0 spiro atoms. The predicted molar refractivity (Wildman–Crippen MR) is 71.4 cm³/mol. The maximum Gasteiger partial charge on any atom is 0.392 e. The van der Waals surface area contributed by atoms with E-state index in [1.165, 1.54) is 0 Å². The van der Waals surface area contributed by atoms with Gasteiger partial charge >= 0.3 is 6.18 Å². The monoisotopic (exact) mass is 308 g/mol. The molecular weight excluding hydrogens is 285 g/mol. The lowest BCUT2D eigenvalue weighted by atomic mass is 9.77. The van der Waals surface area contributed by atoms with Crippen molar-refractivity contribution in [2.24, 2.45) is 17.6 Å². The van der Waals surface area contributed by atoms with Crippen molar-refractivity contribution < 1.29 is 22.7 Å². The Balaban J connectivity index is 1.97. The van der Waals surface area contributed by atoms with Gasteiger partial charge in [-0.1, -0.05) is 12.8 Å². The Labute approximate surface area is 122 Å². The van der Waals surface area contributed by atoms with Crippen LogP contribution in [0.5, 0.6) is 0 Å². The minimum atomic E-state index is -4.32. The van der Waals surface area contributed by atoms with E-state index < -0.39 is 23.9 Å². The summed E-state index contributed by atoms with van der Waals surface area (Å²) in [5.74, 6) is -3.05. The van der Waals surface area contributed by atoms with Crippen LogP contribution >= 0.6 is 0 Å². The first-order chi connectivity index (χ1) is 9.84. The molecule has 122 valence electrons. The van der Waals surface area contributed by atoms with Crippen molar-refractivity contribution in [1.29, 1.82) is 0 Å². The summed E-state index contributed by atoms with van der Waals surface area (Å²) in [4.78, 5) is 12.2. The number of carbonyl (C=O) groups excluding carboxylic acids is 1. The van der Waals surface area contributed by atoms with Crippen LogP contribution in [-0.2, 0) is 9.53 Å². The summed E-state index contributed by atoms with van der Waals surface area (Å²) < 4.78 is 44.5. The second-order valence-electron chi connectivity index (χ2n) is 5.97. The molecule has 0 aliphatic heterocycles. The third kappa shape index (κ3) is 3.69. The smallest absolute Gasteiger partial charge is 0.376 e. The van der Waals surface area contributed by atoms with E-state index in [4.69, 9.17) is 10.5 Å². The van der Waals surface area contributed by atoms with Crippen molar-refractivity contribution in [3.8, 4) is 0 Å². The molecule has 0 bridgehead atoms. The third-order valence-electron chi connectivity index (χ3n) is 4.58. The maximum atomic E-state index is 13.0. The molecule has 0 radical (unpaired) electrons. The largest absolute Gasteiger partial charge is 0.392 e. The molecular formula is C14H23F3N2O2. The van der Waals surface area contributed by atoms with Crippen molar-refractivity contribution in [3.05, 3.63) is 0 Å². The zero-order valence-corrected chi connectivity index (χ0v) is 12.2. The van der Waals surface area contributed by atoms with Gasteiger partial charge in [-0.05, 0) is 26.2 Å². The normalized spacial score (nSPS) is 36.9. The second-order valence-corrected chi connectivity index (χ2v) is 5.97. The average Bonchev–Trinajstić information content (AvgIpc) is 2.43. The first-order valence-electron chi connectivity index (χ1n) is 7.58. The molecule has 5 unspecified atom stereocenters. The van der Waals surface area contributed by atoms with E-state index in [-0.39, 0.29) is 31.0 Å². The number of hydrogen-bond acceptors (Lipinski definition) is 3. The molecule has 3 N–H and O–H groups in total. The molecule has 7 heteroatoms. The van der Waals surface area contributed by atoms with Gasteiger partial charge in [0.05, 0.1) is 18.1 Å². The van der Waals surface area contributed by atoms with Crippen LogP contribution in [0.3, 0.4) is 0 Å². The van der Waals surface area contributed by atoms with Crippen molar-refractivity contribution in [1.82, 2.24) is 5.32 Å². The van der Waals surface area contributed by atoms with Crippen LogP contribution in [0.4, 0.5) is 13.2 Å². The minimum absolute atomic E-state index is 0.0349. The molecule has 0 saturated heterocycles. The number of rotatable bonds is 4. The van der Waals surface area contributed by atoms with Gasteiger partial charge in [-0.15, -0.1) is 0 Å². The van der Waals surface area contributed by atoms with Gasteiger partial charge in [-0.2, -0.15) is 13.2 Å². The lowest BCUT2D eigenvalue weighted by molar-refractivity contribution is -0.198. The van der Waals surface area contributed by atoms with Crippen LogP contribution in [0.15, 0.2) is 0 Å². The molecule has 0 heterocycles. The van der Waals surface area contributed by atoms with Crippen LogP contribution < -0.4 is 11.1 Å². The number of amides is 1. The average molecular weight is 308 g/mol. The van der Waals surface area contributed by atoms with Crippen LogP contribution in [0, 0.1) is 11.8 Å². The van der Waals surface area contributed by atoms with Crippen LogP contribution in [-0.4, -0.2) is 36.9 Å². The number of halogens is 3. The fourth-order valence-corrected chi connectivity index (χ4v) is 3.33. The highest BCUT2D eigenvalue weighted by molar-refractivity contribution is 5.79. The van der Waals surface area contributed by atoms with Crippen LogP contribution in [0.1, 0.15) is 39.0 Å². The van der Waals surface area contributed by atoms with Crippen molar-refractivity contribution in [3.63, 3.8) is 0 Å². The number of alkyl halides is 3. The Bertz CT molecular complexity index is 374. The lowest BCUT2D eigenvalue weighted by Gasteiger charge is -2.43. The molecule has 0 aromatic carbocycles. The Kier molecular flexibility index (Phi) is 5.14. The molecule has 2 aliphatic carbocycles. The topological polar surface area (TPSA) is 64.3 Å². The van der Waals surface area contributed by atoms with Gasteiger partial charge < -0.3 is 15.8 Å². The lowest BCUT2D eigenvalue weighted by Crippen LogP contribution is -2.65. The molecule has 4 nitrogen and oxygen atoms in total. The molecule has 1 amide bonds. The summed E-state index contributed by atoms with van der Waals surface area (Å²) in [6, 6.07) is -0.605. The first kappa shape index (κ1) is 16.5. The summed E-state index contributed by atoms with van der Waals surface area (Å²) in [5, 5.41) is 2.68. The highest BCUT2D eigenvalue weighted by Gasteiger charge is 2.49. The van der Waals surface area contributed by atoms with Gasteiger partial charge in [0.2, 0.25) is 5.91 Å². The SMILES string of the molecule is CCOC1CC(N)C1NC(=O)C1CCCCC1C(F)(F)F. The minimum Gasteiger partial charge on any atom is -0.376 e. The highest BCUT2D eigenvalue weighted by atomic mass is 19.4. The Morgan fingerprint density at radius 3 is 2.57 bits per heavy atom. The molecule has 2 fully saturated rings. The van der Waals surface area contributed by atoms with E-state index in [0.29, 0.717) is 25.9 Å². The molecule has 5 atom stereocenters. The van der Waals surface area contributed by atoms with Gasteiger partial charge in [0, 0.05) is 18.6 Å². The molecule has 0 aromatic rings. The van der Waals surface area contributed by atoms with Crippen molar-refractivity contribution in [2.75, 3.05) is 6.61 Å². The first-order valence-corrected chi connectivity index (χ1v) is 7.58.